The van der Waals surface area contributed by atoms with Gasteiger partial charge in [-0.15, -0.1) is 0 Å². The van der Waals surface area contributed by atoms with Crippen molar-refractivity contribution in [3.05, 3.63) is 93.8 Å². The number of carbonyl (C=O) groups excluding carboxylic acids is 1. The summed E-state index contributed by atoms with van der Waals surface area (Å²) in [4.78, 5) is 31.7. The van der Waals surface area contributed by atoms with Crippen LogP contribution in [0.5, 0.6) is 0 Å². The SMILES string of the molecule is C=Nn1c(/C=C\C)nc(N)c1C(=O)NC(C)c1cc2cccc(C#CCNS(C)(=O)=O)c2c(=O)n1-c1ccccc1. The van der Waals surface area contributed by atoms with Gasteiger partial charge in [-0.05, 0) is 49.6 Å². The summed E-state index contributed by atoms with van der Waals surface area (Å²) in [5, 5.41) is 7.77. The van der Waals surface area contributed by atoms with Crippen molar-refractivity contribution in [1.82, 2.24) is 24.3 Å². The number of benzene rings is 2. The first-order valence-electron chi connectivity index (χ1n) is 12.5. The van der Waals surface area contributed by atoms with Crippen LogP contribution < -0.4 is 21.3 Å². The second kappa shape index (κ2) is 12.0. The molecule has 0 aliphatic rings. The Hall–Kier alpha value is -4.99. The standard InChI is InChI=1S/C29H29N7O4S/c1-5-11-24-34-27(30)26(36(24)31-3)28(37)33-19(2)23-18-21-13-9-12-20(14-10-17-32-41(4,39)40)25(21)29(38)35(23)22-15-7-6-8-16-22/h5-9,11-13,15-16,18-19,32H,3,17,30H2,1-2,4H3,(H,33,37)/b11-5-. The van der Waals surface area contributed by atoms with Crippen LogP contribution in [0.3, 0.4) is 0 Å². The van der Waals surface area contributed by atoms with Gasteiger partial charge in [-0.1, -0.05) is 48.2 Å². The van der Waals surface area contributed by atoms with E-state index in [1.54, 1.807) is 68.5 Å². The fourth-order valence-corrected chi connectivity index (χ4v) is 4.69. The number of allylic oxidation sites excluding steroid dienone is 1. The first-order valence-corrected chi connectivity index (χ1v) is 14.4. The molecule has 4 aromatic rings. The number of nitrogens with one attached hydrogen (secondary N) is 2. The fourth-order valence-electron chi connectivity index (χ4n) is 4.35. The second-order valence-corrected chi connectivity index (χ2v) is 10.9. The molecular formula is C29H29N7O4S. The number of nitrogens with two attached hydrogens (primary N) is 1. The van der Waals surface area contributed by atoms with Crippen molar-refractivity contribution < 1.29 is 13.2 Å². The van der Waals surface area contributed by atoms with Crippen LogP contribution in [0, 0.1) is 11.8 Å². The molecule has 2 aromatic heterocycles. The highest BCUT2D eigenvalue weighted by atomic mass is 32.2. The van der Waals surface area contributed by atoms with E-state index in [0.717, 1.165) is 6.26 Å². The van der Waals surface area contributed by atoms with E-state index in [2.05, 4.69) is 38.7 Å². The van der Waals surface area contributed by atoms with Gasteiger partial charge in [0.25, 0.3) is 11.5 Å². The summed E-state index contributed by atoms with van der Waals surface area (Å²) in [7, 11) is -3.40. The highest BCUT2D eigenvalue weighted by Gasteiger charge is 2.24. The van der Waals surface area contributed by atoms with E-state index >= 15 is 0 Å². The zero-order valence-electron chi connectivity index (χ0n) is 22.7. The number of hydrogen-bond donors (Lipinski definition) is 3. The number of anilines is 1. The predicted octanol–water partition coefficient (Wildman–Crippen LogP) is 2.66. The Morgan fingerprint density at radius 1 is 1.22 bits per heavy atom. The summed E-state index contributed by atoms with van der Waals surface area (Å²) < 4.78 is 27.8. The monoisotopic (exact) mass is 571 g/mol. The summed E-state index contributed by atoms with van der Waals surface area (Å²) in [5.41, 5.74) is 7.27. The predicted molar refractivity (Wildman–Crippen MR) is 161 cm³/mol. The van der Waals surface area contributed by atoms with Crippen LogP contribution in [-0.2, 0) is 10.0 Å². The maximum Gasteiger partial charge on any atom is 0.274 e. The van der Waals surface area contributed by atoms with Crippen LogP contribution >= 0.6 is 0 Å². The summed E-state index contributed by atoms with van der Waals surface area (Å²) in [6, 6.07) is 15.4. The average Bonchev–Trinajstić information content (AvgIpc) is 3.25. The summed E-state index contributed by atoms with van der Waals surface area (Å²) in [6.45, 7) is 6.98. The third kappa shape index (κ3) is 6.27. The molecule has 11 nitrogen and oxygen atoms in total. The first kappa shape index (κ1) is 29.0. The van der Waals surface area contributed by atoms with Gasteiger partial charge in [0.05, 0.1) is 24.2 Å². The fraction of sp³-hybridized carbons (Fsp3) is 0.172. The minimum absolute atomic E-state index is 0.0114. The average molecular weight is 572 g/mol. The number of para-hydroxylation sites is 1. The number of carbonyl (C=O) groups is 1. The normalized spacial score (nSPS) is 12.2. The van der Waals surface area contributed by atoms with E-state index < -0.39 is 22.0 Å². The lowest BCUT2D eigenvalue weighted by atomic mass is 10.0. The minimum Gasteiger partial charge on any atom is -0.382 e. The molecule has 0 saturated heterocycles. The van der Waals surface area contributed by atoms with Gasteiger partial charge in [0, 0.05) is 23.7 Å². The number of sulfonamides is 1. The van der Waals surface area contributed by atoms with E-state index in [0.29, 0.717) is 33.5 Å². The van der Waals surface area contributed by atoms with Crippen LogP contribution in [0.2, 0.25) is 0 Å². The molecule has 4 rings (SSSR count). The topological polar surface area (TPSA) is 153 Å². The highest BCUT2D eigenvalue weighted by molar-refractivity contribution is 7.88. The van der Waals surface area contributed by atoms with Crippen molar-refractivity contribution in [2.45, 2.75) is 19.9 Å². The Labute approximate surface area is 237 Å². The lowest BCUT2D eigenvalue weighted by Crippen LogP contribution is -2.33. The van der Waals surface area contributed by atoms with Gasteiger partial charge in [0.2, 0.25) is 10.0 Å². The van der Waals surface area contributed by atoms with Gasteiger partial charge >= 0.3 is 0 Å². The van der Waals surface area contributed by atoms with Gasteiger partial charge in [-0.3, -0.25) is 14.2 Å². The van der Waals surface area contributed by atoms with Crippen LogP contribution in [0.25, 0.3) is 22.5 Å². The number of rotatable bonds is 8. The van der Waals surface area contributed by atoms with Crippen LogP contribution in [0.4, 0.5) is 5.82 Å². The van der Waals surface area contributed by atoms with Gasteiger partial charge in [0.1, 0.15) is 0 Å². The number of hydrogen-bond acceptors (Lipinski definition) is 7. The van der Waals surface area contributed by atoms with Crippen LogP contribution in [-0.4, -0.2) is 48.1 Å². The molecular weight excluding hydrogens is 542 g/mol. The highest BCUT2D eigenvalue weighted by Crippen LogP contribution is 2.24. The molecule has 210 valence electrons. The molecule has 0 radical (unpaired) electrons. The number of aromatic nitrogens is 3. The Balaban J connectivity index is 1.83. The van der Waals surface area contributed by atoms with Crippen LogP contribution in [0.1, 0.15) is 47.5 Å². The molecule has 1 atom stereocenters. The molecule has 0 fully saturated rings. The van der Waals surface area contributed by atoms with Crippen molar-refractivity contribution >= 4 is 45.3 Å². The molecule has 0 bridgehead atoms. The van der Waals surface area contributed by atoms with Gasteiger partial charge < -0.3 is 11.1 Å². The van der Waals surface area contributed by atoms with E-state index in [1.807, 2.05) is 12.1 Å². The lowest BCUT2D eigenvalue weighted by Gasteiger charge is -2.21. The Morgan fingerprint density at radius 2 is 1.95 bits per heavy atom. The van der Waals surface area contributed by atoms with Crippen LogP contribution in [0.15, 0.2) is 70.6 Å². The number of nitrogens with zero attached hydrogens (tertiary/aromatic N) is 4. The van der Waals surface area contributed by atoms with Gasteiger partial charge in [0.15, 0.2) is 17.3 Å². The third-order valence-electron chi connectivity index (χ3n) is 6.11. The first-order chi connectivity index (χ1) is 19.6. The molecule has 41 heavy (non-hydrogen) atoms. The van der Waals surface area contributed by atoms with Crippen molar-refractivity contribution in [3.63, 3.8) is 0 Å². The number of pyridine rings is 1. The number of amides is 1. The third-order valence-corrected chi connectivity index (χ3v) is 6.77. The largest absolute Gasteiger partial charge is 0.382 e. The molecule has 1 amide bonds. The summed E-state index contributed by atoms with van der Waals surface area (Å²) in [5.74, 6) is 5.46. The molecule has 0 spiro atoms. The number of imidazole rings is 1. The van der Waals surface area contributed by atoms with Crippen molar-refractivity contribution in [2.24, 2.45) is 5.10 Å². The van der Waals surface area contributed by atoms with Gasteiger partial charge in [-0.25, -0.2) is 22.8 Å². The molecule has 2 heterocycles. The van der Waals surface area contributed by atoms with Crippen molar-refractivity contribution in [3.8, 4) is 17.5 Å². The molecule has 4 N–H and O–H groups in total. The van der Waals surface area contributed by atoms with E-state index in [4.69, 9.17) is 5.73 Å². The number of fused-ring (bicyclic) bond motifs is 1. The Kier molecular flexibility index (Phi) is 8.51. The molecule has 12 heteroatoms. The van der Waals surface area contributed by atoms with E-state index in [1.165, 1.54) is 9.24 Å². The zero-order valence-corrected chi connectivity index (χ0v) is 23.6. The summed E-state index contributed by atoms with van der Waals surface area (Å²) >= 11 is 0. The molecule has 0 aliphatic heterocycles. The molecule has 1 unspecified atom stereocenters. The quantitative estimate of drug-likeness (QED) is 0.218. The van der Waals surface area contributed by atoms with E-state index in [9.17, 15) is 18.0 Å². The van der Waals surface area contributed by atoms with Gasteiger partial charge in [-0.2, -0.15) is 5.10 Å². The lowest BCUT2D eigenvalue weighted by molar-refractivity contribution is 0.0931. The van der Waals surface area contributed by atoms with Crippen molar-refractivity contribution in [1.29, 1.82) is 0 Å². The molecule has 0 aliphatic carbocycles. The summed E-state index contributed by atoms with van der Waals surface area (Å²) in [6.07, 6.45) is 4.44. The smallest absolute Gasteiger partial charge is 0.274 e. The maximum atomic E-state index is 14.1. The minimum atomic E-state index is -3.40. The Morgan fingerprint density at radius 3 is 2.61 bits per heavy atom. The number of nitrogen functional groups attached to an aromatic ring is 1. The molecule has 2 aromatic carbocycles. The van der Waals surface area contributed by atoms with Crippen molar-refractivity contribution in [2.75, 3.05) is 18.5 Å². The van der Waals surface area contributed by atoms with E-state index in [-0.39, 0.29) is 23.6 Å². The Bertz CT molecular complexity index is 1900. The maximum absolute atomic E-state index is 14.1. The second-order valence-electron chi connectivity index (χ2n) is 9.06. The zero-order chi connectivity index (χ0) is 29.7. The molecule has 0 saturated carbocycles.